The average molecular weight is 606 g/mol. The number of H-pyrrole nitrogens is 1. The Bertz CT molecular complexity index is 1770. The van der Waals surface area contributed by atoms with Crippen LogP contribution < -0.4 is 16.0 Å². The summed E-state index contributed by atoms with van der Waals surface area (Å²) in [6, 6.07) is 23.4. The van der Waals surface area contributed by atoms with Crippen molar-refractivity contribution < 1.29 is 24.0 Å². The lowest BCUT2D eigenvalue weighted by molar-refractivity contribution is -0.145. The number of nitrogens with one attached hydrogen (secondary N) is 4. The Kier molecular flexibility index (Phi) is 7.97. The number of carbonyl (C=O) groups is 5. The topological polar surface area (TPSA) is 140 Å². The van der Waals surface area contributed by atoms with Crippen molar-refractivity contribution in [2.75, 3.05) is 11.9 Å². The van der Waals surface area contributed by atoms with Gasteiger partial charge in [-0.15, -0.1) is 0 Å². The predicted octanol–water partition coefficient (Wildman–Crippen LogP) is 3.69. The van der Waals surface area contributed by atoms with Gasteiger partial charge in [0, 0.05) is 29.7 Å². The lowest BCUT2D eigenvalue weighted by atomic mass is 9.79. The molecule has 1 saturated heterocycles. The van der Waals surface area contributed by atoms with Crippen LogP contribution in [0.25, 0.3) is 10.9 Å². The first kappa shape index (κ1) is 29.8. The second-order valence-corrected chi connectivity index (χ2v) is 12.2. The molecular formula is C35H35N5O5. The van der Waals surface area contributed by atoms with E-state index in [-0.39, 0.29) is 37.8 Å². The van der Waals surface area contributed by atoms with Gasteiger partial charge in [0.2, 0.25) is 17.6 Å². The van der Waals surface area contributed by atoms with Crippen LogP contribution in [-0.4, -0.2) is 57.9 Å². The molecule has 0 radical (unpaired) electrons. The zero-order valence-electron chi connectivity index (χ0n) is 25.1. The Morgan fingerprint density at radius 2 is 1.67 bits per heavy atom. The minimum Gasteiger partial charge on any atom is -0.351 e. The molecule has 1 aromatic heterocycles. The molecule has 0 aliphatic carbocycles. The van der Waals surface area contributed by atoms with Crippen LogP contribution in [0.5, 0.6) is 0 Å². The van der Waals surface area contributed by atoms with Gasteiger partial charge in [0.05, 0.1) is 5.41 Å². The molecule has 230 valence electrons. The predicted molar refractivity (Wildman–Crippen MR) is 169 cm³/mol. The Hall–Kier alpha value is -5.25. The molecule has 3 atom stereocenters. The van der Waals surface area contributed by atoms with Crippen LogP contribution in [0.15, 0.2) is 84.9 Å². The maximum atomic E-state index is 14.4. The third-order valence-electron chi connectivity index (χ3n) is 8.67. The fourth-order valence-corrected chi connectivity index (χ4v) is 6.45. The molecule has 3 aromatic carbocycles. The van der Waals surface area contributed by atoms with Crippen molar-refractivity contribution in [3.05, 3.63) is 102 Å². The number of amides is 4. The van der Waals surface area contributed by atoms with Crippen molar-refractivity contribution in [1.29, 1.82) is 0 Å². The number of hydrogen-bond donors (Lipinski definition) is 4. The third-order valence-corrected chi connectivity index (χ3v) is 8.67. The maximum Gasteiger partial charge on any atom is 0.289 e. The number of likely N-dealkylation sites (tertiary alicyclic amines) is 1. The number of aromatic amines is 1. The number of anilines is 1. The van der Waals surface area contributed by atoms with E-state index < -0.39 is 41.0 Å². The number of rotatable bonds is 9. The fraction of sp³-hybridized carbons (Fsp3) is 0.286. The van der Waals surface area contributed by atoms with Crippen molar-refractivity contribution in [3.63, 3.8) is 0 Å². The van der Waals surface area contributed by atoms with Gasteiger partial charge in [0.25, 0.3) is 11.8 Å². The number of ketones is 1. The minimum absolute atomic E-state index is 0.0114. The quantitative estimate of drug-likeness (QED) is 0.216. The van der Waals surface area contributed by atoms with Crippen molar-refractivity contribution >= 4 is 46.0 Å². The Morgan fingerprint density at radius 1 is 0.956 bits per heavy atom. The van der Waals surface area contributed by atoms with E-state index in [4.69, 9.17) is 0 Å². The van der Waals surface area contributed by atoms with Gasteiger partial charge in [-0.2, -0.15) is 0 Å². The van der Waals surface area contributed by atoms with Gasteiger partial charge in [-0.25, -0.2) is 0 Å². The Labute approximate surface area is 260 Å². The summed E-state index contributed by atoms with van der Waals surface area (Å²) in [7, 11) is 0. The highest BCUT2D eigenvalue weighted by Crippen LogP contribution is 2.46. The molecule has 0 bridgehead atoms. The third kappa shape index (κ3) is 5.71. The second kappa shape index (κ2) is 12.0. The molecule has 1 unspecified atom stereocenters. The van der Waals surface area contributed by atoms with Crippen molar-refractivity contribution in [2.24, 2.45) is 5.92 Å². The second-order valence-electron chi connectivity index (χ2n) is 12.2. The van der Waals surface area contributed by atoms with Crippen LogP contribution in [0, 0.1) is 5.92 Å². The summed E-state index contributed by atoms with van der Waals surface area (Å²) in [5.74, 6) is -2.95. The molecule has 10 heteroatoms. The summed E-state index contributed by atoms with van der Waals surface area (Å²) in [4.78, 5) is 72.8. The molecular weight excluding hydrogens is 570 g/mol. The van der Waals surface area contributed by atoms with E-state index in [1.807, 2.05) is 74.5 Å². The molecule has 6 rings (SSSR count). The van der Waals surface area contributed by atoms with Gasteiger partial charge >= 0.3 is 0 Å². The number of nitrogens with zero attached hydrogens (tertiary/aromatic N) is 1. The molecule has 4 aromatic rings. The van der Waals surface area contributed by atoms with Crippen LogP contribution in [0.3, 0.4) is 0 Å². The zero-order valence-corrected chi connectivity index (χ0v) is 25.1. The molecule has 3 heterocycles. The van der Waals surface area contributed by atoms with Crippen molar-refractivity contribution in [2.45, 2.75) is 50.7 Å². The van der Waals surface area contributed by atoms with Crippen LogP contribution in [-0.2, 0) is 31.1 Å². The van der Waals surface area contributed by atoms with Gasteiger partial charge in [-0.05, 0) is 48.1 Å². The molecule has 1 fully saturated rings. The average Bonchev–Trinajstić information content (AvgIpc) is 3.73. The summed E-state index contributed by atoms with van der Waals surface area (Å²) in [5, 5.41) is 9.29. The monoisotopic (exact) mass is 605 g/mol. The number of fused-ring (bicyclic) bond motifs is 3. The number of Topliss-reactive ketones (excluding diaryl/α,β-unsaturated/α-hetero) is 1. The maximum absolute atomic E-state index is 14.4. The summed E-state index contributed by atoms with van der Waals surface area (Å²) in [6.45, 7) is 3.90. The number of carbonyl (C=O) groups excluding carboxylic acids is 5. The SMILES string of the molecule is CC(C)CC(NC(=O)c1cc2ccccc2[nH]1)C(=O)N1C[C@]2(C[C@H]1C(=O)C(=O)NCc1ccccc1)C(=O)Nc1ccccc12. The molecule has 4 N–H and O–H groups in total. The Balaban J connectivity index is 1.30. The molecule has 1 spiro atoms. The van der Waals surface area contributed by atoms with Crippen molar-refractivity contribution in [3.8, 4) is 0 Å². The first-order valence-electron chi connectivity index (χ1n) is 15.1. The highest BCUT2D eigenvalue weighted by atomic mass is 16.2. The molecule has 45 heavy (non-hydrogen) atoms. The molecule has 4 amide bonds. The lowest BCUT2D eigenvalue weighted by Gasteiger charge is -2.29. The first-order chi connectivity index (χ1) is 21.7. The number of hydrogen-bond acceptors (Lipinski definition) is 5. The van der Waals surface area contributed by atoms with Gasteiger partial charge in [-0.1, -0.05) is 80.6 Å². The first-order valence-corrected chi connectivity index (χ1v) is 15.1. The molecule has 2 aliphatic rings. The fourth-order valence-electron chi connectivity index (χ4n) is 6.45. The number of benzene rings is 3. The van der Waals surface area contributed by atoms with E-state index in [1.54, 1.807) is 24.3 Å². The molecule has 2 aliphatic heterocycles. The van der Waals surface area contributed by atoms with E-state index >= 15 is 0 Å². The summed E-state index contributed by atoms with van der Waals surface area (Å²) < 4.78 is 0. The van der Waals surface area contributed by atoms with Gasteiger partial charge in [0.1, 0.15) is 17.8 Å². The van der Waals surface area contributed by atoms with Crippen LogP contribution in [0.1, 0.15) is 48.3 Å². The van der Waals surface area contributed by atoms with E-state index in [2.05, 4.69) is 20.9 Å². The number of aromatic nitrogens is 1. The largest absolute Gasteiger partial charge is 0.351 e. The van der Waals surface area contributed by atoms with Crippen LogP contribution in [0.4, 0.5) is 5.69 Å². The van der Waals surface area contributed by atoms with Crippen LogP contribution >= 0.6 is 0 Å². The van der Waals surface area contributed by atoms with E-state index in [9.17, 15) is 24.0 Å². The highest BCUT2D eigenvalue weighted by Gasteiger charge is 2.58. The van der Waals surface area contributed by atoms with E-state index in [1.165, 1.54) is 4.90 Å². The molecule has 10 nitrogen and oxygen atoms in total. The summed E-state index contributed by atoms with van der Waals surface area (Å²) in [6.07, 6.45) is 0.238. The lowest BCUT2D eigenvalue weighted by Crippen LogP contribution is -2.54. The smallest absolute Gasteiger partial charge is 0.289 e. The highest BCUT2D eigenvalue weighted by molar-refractivity contribution is 6.38. The number of para-hydroxylation sites is 2. The summed E-state index contributed by atoms with van der Waals surface area (Å²) in [5.41, 5.74) is 1.98. The van der Waals surface area contributed by atoms with Gasteiger partial charge in [-0.3, -0.25) is 24.0 Å². The summed E-state index contributed by atoms with van der Waals surface area (Å²) >= 11 is 0. The van der Waals surface area contributed by atoms with Crippen LogP contribution in [0.2, 0.25) is 0 Å². The normalized spacial score (nSPS) is 19.4. The minimum atomic E-state index is -1.21. The van der Waals surface area contributed by atoms with Gasteiger partial charge in [0.15, 0.2) is 0 Å². The van der Waals surface area contributed by atoms with Crippen molar-refractivity contribution in [1.82, 2.24) is 20.5 Å². The molecule has 0 saturated carbocycles. The van der Waals surface area contributed by atoms with E-state index in [0.717, 1.165) is 16.5 Å². The van der Waals surface area contributed by atoms with Gasteiger partial charge < -0.3 is 25.8 Å². The Morgan fingerprint density at radius 3 is 2.42 bits per heavy atom. The van der Waals surface area contributed by atoms with E-state index in [0.29, 0.717) is 16.9 Å². The zero-order chi connectivity index (χ0) is 31.7. The standard InChI is InChI=1S/C35H35N5O5/c1-21(2)16-28(38-31(42)27-17-23-12-6-8-14-25(23)37-27)33(44)40-20-35(24-13-7-9-15-26(24)39-34(35)45)18-29(40)30(41)32(43)36-19-22-10-4-3-5-11-22/h3-15,17,21,28-29,37H,16,18-20H2,1-2H3,(H,36,43)(H,38,42)(H,39,45)/t28?,29-,35-/m0/s1.